The number of phenols is 1. The SMILES string of the molecule is COc1ccc(CN2CCc3nc(-c4ccncc4)ncc3C2)c(O)c1. The molecular formula is C20H20N4O2. The second-order valence-corrected chi connectivity index (χ2v) is 6.36. The van der Waals surface area contributed by atoms with Gasteiger partial charge in [0.15, 0.2) is 5.82 Å². The van der Waals surface area contributed by atoms with Crippen molar-refractivity contribution in [3.8, 4) is 22.9 Å². The van der Waals surface area contributed by atoms with Gasteiger partial charge >= 0.3 is 0 Å². The standard InChI is InChI=1S/C20H20N4O2/c1-26-17-3-2-15(19(25)10-17)12-24-9-6-18-16(13-24)11-22-20(23-18)14-4-7-21-8-5-14/h2-5,7-8,10-11,25H,6,9,12-13H2,1H3. The fraction of sp³-hybridized carbons (Fsp3) is 0.250. The molecule has 0 unspecified atom stereocenters. The van der Waals surface area contributed by atoms with Crippen LogP contribution in [0.1, 0.15) is 16.8 Å². The molecule has 0 bridgehead atoms. The molecule has 0 atom stereocenters. The van der Waals surface area contributed by atoms with Crippen LogP contribution in [0.2, 0.25) is 0 Å². The highest BCUT2D eigenvalue weighted by Crippen LogP contribution is 2.27. The van der Waals surface area contributed by atoms with Crippen LogP contribution < -0.4 is 4.74 Å². The lowest BCUT2D eigenvalue weighted by atomic mass is 10.1. The fourth-order valence-corrected chi connectivity index (χ4v) is 3.19. The van der Waals surface area contributed by atoms with E-state index in [4.69, 9.17) is 9.72 Å². The fourth-order valence-electron chi connectivity index (χ4n) is 3.19. The number of phenolic OH excluding ortho intramolecular Hbond substituents is 1. The molecule has 26 heavy (non-hydrogen) atoms. The second-order valence-electron chi connectivity index (χ2n) is 6.36. The Morgan fingerprint density at radius 3 is 2.81 bits per heavy atom. The molecule has 0 saturated carbocycles. The molecule has 2 aromatic heterocycles. The lowest BCUT2D eigenvalue weighted by Gasteiger charge is -2.28. The third kappa shape index (κ3) is 3.36. The Bertz CT molecular complexity index is 915. The largest absolute Gasteiger partial charge is 0.507 e. The first-order valence-electron chi connectivity index (χ1n) is 8.56. The number of ether oxygens (including phenoxy) is 1. The number of methoxy groups -OCH3 is 1. The summed E-state index contributed by atoms with van der Waals surface area (Å²) in [4.78, 5) is 15.6. The first-order valence-corrected chi connectivity index (χ1v) is 8.56. The Balaban J connectivity index is 1.50. The van der Waals surface area contributed by atoms with Crippen LogP contribution in [0.5, 0.6) is 11.5 Å². The average molecular weight is 348 g/mol. The van der Waals surface area contributed by atoms with E-state index in [0.29, 0.717) is 12.3 Å². The van der Waals surface area contributed by atoms with Gasteiger partial charge in [-0.05, 0) is 18.2 Å². The molecular weight excluding hydrogens is 328 g/mol. The van der Waals surface area contributed by atoms with Gasteiger partial charge in [0.1, 0.15) is 11.5 Å². The molecule has 0 aliphatic carbocycles. The van der Waals surface area contributed by atoms with Gasteiger partial charge in [0.25, 0.3) is 0 Å². The summed E-state index contributed by atoms with van der Waals surface area (Å²) in [6.45, 7) is 2.35. The summed E-state index contributed by atoms with van der Waals surface area (Å²) in [6, 6.07) is 9.27. The Hall–Kier alpha value is -2.99. The monoisotopic (exact) mass is 348 g/mol. The van der Waals surface area contributed by atoms with Gasteiger partial charge in [-0.2, -0.15) is 0 Å². The average Bonchev–Trinajstić information content (AvgIpc) is 2.69. The van der Waals surface area contributed by atoms with Crippen LogP contribution in [0.4, 0.5) is 0 Å². The van der Waals surface area contributed by atoms with Crippen LogP contribution in [0.15, 0.2) is 48.9 Å². The van der Waals surface area contributed by atoms with Gasteiger partial charge in [-0.1, -0.05) is 6.07 Å². The smallest absolute Gasteiger partial charge is 0.159 e. The molecule has 1 aliphatic heterocycles. The molecule has 132 valence electrons. The van der Waals surface area contributed by atoms with Crippen LogP contribution in [0.3, 0.4) is 0 Å². The number of hydrogen-bond acceptors (Lipinski definition) is 6. The molecule has 3 heterocycles. The maximum absolute atomic E-state index is 10.2. The van der Waals surface area contributed by atoms with Crippen LogP contribution in [0.25, 0.3) is 11.4 Å². The van der Waals surface area contributed by atoms with Crippen LogP contribution in [-0.4, -0.2) is 38.6 Å². The number of aromatic nitrogens is 3. The summed E-state index contributed by atoms with van der Waals surface area (Å²) >= 11 is 0. The highest BCUT2D eigenvalue weighted by Gasteiger charge is 2.20. The molecule has 4 rings (SSSR count). The van der Waals surface area contributed by atoms with E-state index in [9.17, 15) is 5.11 Å². The summed E-state index contributed by atoms with van der Waals surface area (Å²) in [5.74, 6) is 1.67. The van der Waals surface area contributed by atoms with Crippen molar-refractivity contribution < 1.29 is 9.84 Å². The topological polar surface area (TPSA) is 71.4 Å². The Morgan fingerprint density at radius 2 is 2.04 bits per heavy atom. The molecule has 1 aliphatic rings. The van der Waals surface area contributed by atoms with Gasteiger partial charge < -0.3 is 9.84 Å². The van der Waals surface area contributed by atoms with Crippen LogP contribution in [-0.2, 0) is 19.5 Å². The van der Waals surface area contributed by atoms with Gasteiger partial charge in [0.05, 0.1) is 12.8 Å². The van der Waals surface area contributed by atoms with Gasteiger partial charge in [0, 0.05) is 67.4 Å². The van der Waals surface area contributed by atoms with E-state index in [-0.39, 0.29) is 5.75 Å². The molecule has 0 spiro atoms. The van der Waals surface area contributed by atoms with Crippen molar-refractivity contribution in [3.05, 3.63) is 65.7 Å². The maximum atomic E-state index is 10.2. The number of aromatic hydroxyl groups is 1. The molecule has 1 aromatic carbocycles. The van der Waals surface area contributed by atoms with E-state index >= 15 is 0 Å². The molecule has 0 amide bonds. The Kier molecular flexibility index (Phi) is 4.50. The van der Waals surface area contributed by atoms with Gasteiger partial charge in [-0.3, -0.25) is 9.88 Å². The number of rotatable bonds is 4. The predicted octanol–water partition coefficient (Wildman–Crippen LogP) is 2.81. The van der Waals surface area contributed by atoms with Gasteiger partial charge in [0.2, 0.25) is 0 Å². The number of nitrogens with zero attached hydrogens (tertiary/aromatic N) is 4. The summed E-state index contributed by atoms with van der Waals surface area (Å²) < 4.78 is 5.14. The van der Waals surface area contributed by atoms with E-state index < -0.39 is 0 Å². The van der Waals surface area contributed by atoms with Crippen LogP contribution >= 0.6 is 0 Å². The van der Waals surface area contributed by atoms with Gasteiger partial charge in [-0.25, -0.2) is 9.97 Å². The van der Waals surface area contributed by atoms with E-state index in [0.717, 1.165) is 47.7 Å². The molecule has 0 radical (unpaired) electrons. The van der Waals surface area contributed by atoms with Crippen molar-refractivity contribution in [1.82, 2.24) is 19.9 Å². The Labute approximate surface area is 152 Å². The lowest BCUT2D eigenvalue weighted by molar-refractivity contribution is 0.239. The minimum absolute atomic E-state index is 0.263. The van der Waals surface area contributed by atoms with Crippen molar-refractivity contribution in [3.63, 3.8) is 0 Å². The van der Waals surface area contributed by atoms with Crippen LogP contribution in [0, 0.1) is 0 Å². The molecule has 1 N–H and O–H groups in total. The zero-order chi connectivity index (χ0) is 17.9. The minimum Gasteiger partial charge on any atom is -0.507 e. The molecule has 0 fully saturated rings. The second kappa shape index (κ2) is 7.09. The van der Waals surface area contributed by atoms with E-state index in [1.165, 1.54) is 0 Å². The van der Waals surface area contributed by atoms with Crippen molar-refractivity contribution in [2.75, 3.05) is 13.7 Å². The predicted molar refractivity (Wildman–Crippen MR) is 97.7 cm³/mol. The highest BCUT2D eigenvalue weighted by molar-refractivity contribution is 5.54. The zero-order valence-electron chi connectivity index (χ0n) is 14.6. The summed E-state index contributed by atoms with van der Waals surface area (Å²) in [5, 5.41) is 10.2. The summed E-state index contributed by atoms with van der Waals surface area (Å²) in [7, 11) is 1.59. The zero-order valence-corrected chi connectivity index (χ0v) is 14.6. The van der Waals surface area contributed by atoms with Crippen molar-refractivity contribution in [2.45, 2.75) is 19.5 Å². The van der Waals surface area contributed by atoms with Gasteiger partial charge in [-0.15, -0.1) is 0 Å². The number of pyridine rings is 1. The molecule has 3 aromatic rings. The third-order valence-electron chi connectivity index (χ3n) is 4.64. The minimum atomic E-state index is 0.263. The molecule has 6 heteroatoms. The van der Waals surface area contributed by atoms with E-state index in [1.807, 2.05) is 30.5 Å². The first kappa shape index (κ1) is 16.5. The summed E-state index contributed by atoms with van der Waals surface area (Å²) in [6.07, 6.45) is 6.29. The maximum Gasteiger partial charge on any atom is 0.159 e. The van der Waals surface area contributed by atoms with Crippen molar-refractivity contribution in [1.29, 1.82) is 0 Å². The van der Waals surface area contributed by atoms with E-state index in [1.54, 1.807) is 25.6 Å². The Morgan fingerprint density at radius 1 is 1.19 bits per heavy atom. The highest BCUT2D eigenvalue weighted by atomic mass is 16.5. The first-order chi connectivity index (χ1) is 12.7. The third-order valence-corrected chi connectivity index (χ3v) is 4.64. The molecule has 6 nitrogen and oxygen atoms in total. The normalized spacial score (nSPS) is 14.0. The van der Waals surface area contributed by atoms with Crippen molar-refractivity contribution >= 4 is 0 Å². The summed E-state index contributed by atoms with van der Waals surface area (Å²) in [5.41, 5.74) is 4.11. The molecule has 0 saturated heterocycles. The van der Waals surface area contributed by atoms with Crippen molar-refractivity contribution in [2.24, 2.45) is 0 Å². The number of hydrogen-bond donors (Lipinski definition) is 1. The van der Waals surface area contributed by atoms with E-state index in [2.05, 4.69) is 14.9 Å². The lowest BCUT2D eigenvalue weighted by Crippen LogP contribution is -2.31. The quantitative estimate of drug-likeness (QED) is 0.782. The number of benzene rings is 1. The number of fused-ring (bicyclic) bond motifs is 1.